The van der Waals surface area contributed by atoms with E-state index in [0.717, 1.165) is 22.6 Å². The van der Waals surface area contributed by atoms with Crippen molar-refractivity contribution in [2.24, 2.45) is 5.73 Å². The number of hydrogen-bond acceptors (Lipinski definition) is 4. The highest BCUT2D eigenvalue weighted by Crippen LogP contribution is 2.23. The Morgan fingerprint density at radius 2 is 2.10 bits per heavy atom. The number of rotatable bonds is 6. The van der Waals surface area contributed by atoms with E-state index in [9.17, 15) is 4.79 Å². The lowest BCUT2D eigenvalue weighted by Gasteiger charge is -2.11. The van der Waals surface area contributed by atoms with E-state index >= 15 is 0 Å². The van der Waals surface area contributed by atoms with Gasteiger partial charge < -0.3 is 11.1 Å². The highest BCUT2D eigenvalue weighted by Gasteiger charge is 2.12. The van der Waals surface area contributed by atoms with E-state index in [1.165, 1.54) is 11.3 Å². The largest absolute Gasteiger partial charge is 0.324 e. The molecule has 0 aliphatic heterocycles. The number of anilines is 1. The number of benzene rings is 1. The molecule has 4 nitrogen and oxygen atoms in total. The van der Waals surface area contributed by atoms with Gasteiger partial charge in [0.2, 0.25) is 5.91 Å². The predicted molar refractivity (Wildman–Crippen MR) is 87.5 cm³/mol. The Morgan fingerprint density at radius 3 is 2.71 bits per heavy atom. The van der Waals surface area contributed by atoms with Crippen LogP contribution in [0.25, 0.3) is 0 Å². The minimum Gasteiger partial charge on any atom is -0.324 e. The number of amides is 1. The molecule has 0 bridgehead atoms. The molecule has 1 aromatic carbocycles. The normalized spacial score (nSPS) is 12.1. The van der Waals surface area contributed by atoms with Crippen LogP contribution in [0.3, 0.4) is 0 Å². The van der Waals surface area contributed by atoms with Gasteiger partial charge in [0, 0.05) is 17.3 Å². The molecule has 0 aliphatic carbocycles. The summed E-state index contributed by atoms with van der Waals surface area (Å²) in [6.07, 6.45) is 1.91. The summed E-state index contributed by atoms with van der Waals surface area (Å²) in [6, 6.07) is 9.74. The maximum absolute atomic E-state index is 12.0. The van der Waals surface area contributed by atoms with Gasteiger partial charge >= 0.3 is 0 Å². The zero-order valence-electron chi connectivity index (χ0n) is 12.4. The van der Waals surface area contributed by atoms with E-state index in [4.69, 9.17) is 5.73 Å². The summed E-state index contributed by atoms with van der Waals surface area (Å²) in [5, 5.41) is 3.54. The number of aromatic nitrogens is 1. The van der Waals surface area contributed by atoms with Gasteiger partial charge in [-0.15, -0.1) is 11.3 Å². The molecule has 1 unspecified atom stereocenters. The fraction of sp³-hybridized carbons (Fsp3) is 0.375. The lowest BCUT2D eigenvalue weighted by atomic mass is 10.0. The molecule has 0 fully saturated rings. The summed E-state index contributed by atoms with van der Waals surface area (Å²) in [5.74, 6) is -0.0298. The Labute approximate surface area is 129 Å². The molecule has 2 aromatic rings. The first kappa shape index (κ1) is 15.7. The highest BCUT2D eigenvalue weighted by atomic mass is 32.1. The van der Waals surface area contributed by atoms with Gasteiger partial charge in [0.05, 0.1) is 5.69 Å². The van der Waals surface area contributed by atoms with Crippen molar-refractivity contribution in [1.29, 1.82) is 0 Å². The van der Waals surface area contributed by atoms with Gasteiger partial charge in [-0.25, -0.2) is 4.98 Å². The minimum atomic E-state index is -0.110. The zero-order chi connectivity index (χ0) is 15.2. The van der Waals surface area contributed by atoms with Gasteiger partial charge in [-0.3, -0.25) is 4.79 Å². The van der Waals surface area contributed by atoms with Crippen LogP contribution in [0.4, 0.5) is 5.13 Å². The van der Waals surface area contributed by atoms with Crippen molar-refractivity contribution in [2.45, 2.75) is 39.2 Å². The number of carbonyl (C=O) groups excluding carboxylic acids is 1. The van der Waals surface area contributed by atoms with E-state index in [1.54, 1.807) is 0 Å². The number of nitrogens with zero attached hydrogens (tertiary/aromatic N) is 1. The topological polar surface area (TPSA) is 68.0 Å². The molecule has 1 aromatic heterocycles. The van der Waals surface area contributed by atoms with Crippen LogP contribution in [0.1, 0.15) is 41.9 Å². The maximum atomic E-state index is 12.0. The second-order valence-electron chi connectivity index (χ2n) is 4.98. The quantitative estimate of drug-likeness (QED) is 0.859. The summed E-state index contributed by atoms with van der Waals surface area (Å²) in [6.45, 7) is 4.09. The maximum Gasteiger partial charge on any atom is 0.226 e. The molecule has 1 atom stereocenters. The molecule has 21 heavy (non-hydrogen) atoms. The van der Waals surface area contributed by atoms with E-state index < -0.39 is 0 Å². The second kappa shape index (κ2) is 7.33. The Balaban J connectivity index is 1.84. The third-order valence-corrected chi connectivity index (χ3v) is 4.31. The third kappa shape index (κ3) is 4.37. The number of carbonyl (C=O) groups is 1. The summed E-state index contributed by atoms with van der Waals surface area (Å²) in [7, 11) is 0. The lowest BCUT2D eigenvalue weighted by molar-refractivity contribution is -0.116. The van der Waals surface area contributed by atoms with Gasteiger partial charge in [0.25, 0.3) is 0 Å². The average molecular weight is 303 g/mol. The highest BCUT2D eigenvalue weighted by molar-refractivity contribution is 7.15. The average Bonchev–Trinajstić information content (AvgIpc) is 2.85. The van der Waals surface area contributed by atoms with E-state index in [0.29, 0.717) is 18.0 Å². The molecule has 0 saturated heterocycles. The fourth-order valence-corrected chi connectivity index (χ4v) is 3.06. The van der Waals surface area contributed by atoms with Crippen LogP contribution < -0.4 is 11.1 Å². The summed E-state index contributed by atoms with van der Waals surface area (Å²) < 4.78 is 0. The van der Waals surface area contributed by atoms with Crippen molar-refractivity contribution < 1.29 is 4.79 Å². The first-order valence-corrected chi connectivity index (χ1v) is 7.98. The molecular weight excluding hydrogens is 282 g/mol. The van der Waals surface area contributed by atoms with Crippen LogP contribution in [0, 0.1) is 6.92 Å². The number of thiazole rings is 1. The molecule has 5 heteroatoms. The lowest BCUT2D eigenvalue weighted by Crippen LogP contribution is -2.16. The smallest absolute Gasteiger partial charge is 0.226 e. The van der Waals surface area contributed by atoms with E-state index in [-0.39, 0.29) is 11.9 Å². The van der Waals surface area contributed by atoms with Gasteiger partial charge in [-0.2, -0.15) is 0 Å². The Morgan fingerprint density at radius 1 is 1.38 bits per heavy atom. The molecule has 0 aliphatic rings. The van der Waals surface area contributed by atoms with Crippen LogP contribution in [0.15, 0.2) is 30.3 Å². The molecule has 1 amide bonds. The summed E-state index contributed by atoms with van der Waals surface area (Å²) in [5.41, 5.74) is 8.20. The van der Waals surface area contributed by atoms with E-state index in [1.807, 2.05) is 37.3 Å². The number of hydrogen-bond donors (Lipinski definition) is 2. The molecule has 0 spiro atoms. The molecule has 2 rings (SSSR count). The number of nitrogens with two attached hydrogens (primary N) is 1. The first-order valence-electron chi connectivity index (χ1n) is 7.16. The van der Waals surface area contributed by atoms with Gasteiger partial charge in [-0.1, -0.05) is 37.3 Å². The summed E-state index contributed by atoms with van der Waals surface area (Å²) in [4.78, 5) is 17.5. The van der Waals surface area contributed by atoms with Crippen molar-refractivity contribution in [3.05, 3.63) is 46.5 Å². The SMILES string of the molecule is CCc1nc(NC(=O)CCC(N)c2ccccc2)sc1C. The van der Waals surface area contributed by atoms with Crippen molar-refractivity contribution >= 4 is 22.4 Å². The van der Waals surface area contributed by atoms with Crippen LogP contribution in [0.2, 0.25) is 0 Å². The predicted octanol–water partition coefficient (Wildman–Crippen LogP) is 3.43. The van der Waals surface area contributed by atoms with Crippen LogP contribution in [-0.4, -0.2) is 10.9 Å². The number of aryl methyl sites for hydroxylation is 2. The zero-order valence-corrected chi connectivity index (χ0v) is 13.2. The van der Waals surface area contributed by atoms with Crippen molar-refractivity contribution in [2.75, 3.05) is 5.32 Å². The molecule has 112 valence electrons. The summed E-state index contributed by atoms with van der Waals surface area (Å²) >= 11 is 1.52. The molecule has 0 radical (unpaired) electrons. The molecule has 0 saturated carbocycles. The fourth-order valence-electron chi connectivity index (χ4n) is 2.14. The van der Waals surface area contributed by atoms with Gasteiger partial charge in [-0.05, 0) is 25.3 Å². The molecular formula is C16H21N3OS. The van der Waals surface area contributed by atoms with E-state index in [2.05, 4.69) is 17.2 Å². The van der Waals surface area contributed by atoms with Crippen molar-refractivity contribution in [1.82, 2.24) is 4.98 Å². The van der Waals surface area contributed by atoms with Gasteiger partial charge in [0.1, 0.15) is 0 Å². The second-order valence-corrected chi connectivity index (χ2v) is 6.18. The third-order valence-electron chi connectivity index (χ3n) is 3.38. The molecule has 3 N–H and O–H groups in total. The van der Waals surface area contributed by atoms with Gasteiger partial charge in [0.15, 0.2) is 5.13 Å². The molecule has 1 heterocycles. The van der Waals surface area contributed by atoms with Crippen LogP contribution in [0.5, 0.6) is 0 Å². The Kier molecular flexibility index (Phi) is 5.47. The first-order chi connectivity index (χ1) is 10.1. The van der Waals surface area contributed by atoms with Crippen molar-refractivity contribution in [3.8, 4) is 0 Å². The van der Waals surface area contributed by atoms with Crippen molar-refractivity contribution in [3.63, 3.8) is 0 Å². The van der Waals surface area contributed by atoms with Crippen LogP contribution >= 0.6 is 11.3 Å². The number of nitrogens with one attached hydrogen (secondary N) is 1. The minimum absolute atomic E-state index is 0.0298. The Hall–Kier alpha value is -1.72. The standard InChI is InChI=1S/C16H21N3OS/c1-3-14-11(2)21-16(18-14)19-15(20)10-9-13(17)12-7-5-4-6-8-12/h4-8,13H,3,9-10,17H2,1-2H3,(H,18,19,20). The van der Waals surface area contributed by atoms with Crippen LogP contribution in [-0.2, 0) is 11.2 Å². The monoisotopic (exact) mass is 303 g/mol. The Bertz CT molecular complexity index is 595.